The van der Waals surface area contributed by atoms with Gasteiger partial charge in [0.1, 0.15) is 5.82 Å². The van der Waals surface area contributed by atoms with Crippen molar-refractivity contribution in [2.75, 3.05) is 18.5 Å². The van der Waals surface area contributed by atoms with Gasteiger partial charge in [-0.05, 0) is 26.3 Å². The van der Waals surface area contributed by atoms with Crippen molar-refractivity contribution in [3.63, 3.8) is 0 Å². The largest absolute Gasteiger partial charge is 0.379 e. The molecule has 0 unspecified atom stereocenters. The predicted molar refractivity (Wildman–Crippen MR) is 56.2 cm³/mol. The summed E-state index contributed by atoms with van der Waals surface area (Å²) in [5, 5.41) is 2.99. The summed E-state index contributed by atoms with van der Waals surface area (Å²) >= 11 is 0. The Labute approximate surface area is 88.9 Å². The fourth-order valence-electron chi connectivity index (χ4n) is 1.04. The van der Waals surface area contributed by atoms with Gasteiger partial charge in [-0.2, -0.15) is 9.37 Å². The van der Waals surface area contributed by atoms with Crippen molar-refractivity contribution in [3.05, 3.63) is 18.3 Å². The summed E-state index contributed by atoms with van der Waals surface area (Å²) < 4.78 is 17.9. The minimum atomic E-state index is -0.710. The van der Waals surface area contributed by atoms with Crippen molar-refractivity contribution in [3.8, 4) is 0 Å². The van der Waals surface area contributed by atoms with Crippen LogP contribution in [0.15, 0.2) is 12.3 Å². The molecule has 1 heterocycles. The first-order valence-corrected chi connectivity index (χ1v) is 5.02. The Hall–Kier alpha value is -1.23. The molecule has 0 aliphatic carbocycles. The fourth-order valence-corrected chi connectivity index (χ4v) is 1.04. The molecule has 1 aromatic heterocycles. The molecule has 5 heteroatoms. The Balaban J connectivity index is 2.15. The van der Waals surface area contributed by atoms with E-state index in [1.165, 1.54) is 6.20 Å². The Morgan fingerprint density at radius 2 is 2.33 bits per heavy atom. The summed E-state index contributed by atoms with van der Waals surface area (Å²) in [6, 6.07) is 1.63. The summed E-state index contributed by atoms with van der Waals surface area (Å²) in [6.45, 7) is 5.39. The van der Waals surface area contributed by atoms with E-state index in [1.807, 2.05) is 13.8 Å². The second-order valence-electron chi connectivity index (χ2n) is 3.41. The third kappa shape index (κ3) is 5.27. The van der Waals surface area contributed by atoms with Crippen LogP contribution < -0.4 is 5.32 Å². The number of nitrogens with one attached hydrogen (secondary N) is 1. The lowest BCUT2D eigenvalue weighted by Gasteiger charge is -2.08. The first-order valence-electron chi connectivity index (χ1n) is 5.02. The van der Waals surface area contributed by atoms with E-state index in [-0.39, 0.29) is 6.10 Å². The molecule has 0 saturated heterocycles. The van der Waals surface area contributed by atoms with Gasteiger partial charge in [0.25, 0.3) is 0 Å². The van der Waals surface area contributed by atoms with E-state index < -0.39 is 6.08 Å². The smallest absolute Gasteiger partial charge is 0.310 e. The van der Waals surface area contributed by atoms with Crippen LogP contribution in [-0.2, 0) is 4.74 Å². The zero-order valence-corrected chi connectivity index (χ0v) is 9.03. The van der Waals surface area contributed by atoms with Crippen molar-refractivity contribution < 1.29 is 9.13 Å². The maximum atomic E-state index is 12.6. The Bertz CT molecular complexity index is 294. The lowest BCUT2D eigenvalue weighted by Crippen LogP contribution is -2.10. The van der Waals surface area contributed by atoms with E-state index in [9.17, 15) is 4.39 Å². The zero-order valence-electron chi connectivity index (χ0n) is 9.03. The van der Waals surface area contributed by atoms with Crippen LogP contribution in [0.4, 0.5) is 10.2 Å². The van der Waals surface area contributed by atoms with E-state index in [1.54, 1.807) is 6.07 Å². The van der Waals surface area contributed by atoms with E-state index in [0.717, 1.165) is 6.42 Å². The van der Waals surface area contributed by atoms with Crippen LogP contribution in [0.25, 0.3) is 0 Å². The van der Waals surface area contributed by atoms with Gasteiger partial charge < -0.3 is 10.1 Å². The average molecular weight is 213 g/mol. The van der Waals surface area contributed by atoms with Gasteiger partial charge in [-0.3, -0.25) is 0 Å². The number of anilines is 1. The summed E-state index contributed by atoms with van der Waals surface area (Å²) in [5.74, 6) is 0.507. The molecule has 15 heavy (non-hydrogen) atoms. The second kappa shape index (κ2) is 6.29. The lowest BCUT2D eigenvalue weighted by atomic mass is 10.4. The van der Waals surface area contributed by atoms with Crippen LogP contribution in [-0.4, -0.2) is 29.2 Å². The van der Waals surface area contributed by atoms with Crippen molar-refractivity contribution >= 4 is 5.82 Å². The molecular weight excluding hydrogens is 197 g/mol. The standard InChI is InChI=1S/C10H16FN3O/c1-8(2)15-7-3-5-12-9-4-6-13-10(11)14-9/h4,6,8H,3,5,7H2,1-2H3,(H,12,13,14). The van der Waals surface area contributed by atoms with Crippen LogP contribution in [0, 0.1) is 6.08 Å². The molecule has 0 bridgehead atoms. The Morgan fingerprint density at radius 1 is 1.53 bits per heavy atom. The van der Waals surface area contributed by atoms with Crippen LogP contribution >= 0.6 is 0 Å². The molecule has 0 aromatic carbocycles. The third-order valence-corrected chi connectivity index (χ3v) is 1.70. The highest BCUT2D eigenvalue weighted by molar-refractivity contribution is 5.31. The molecule has 0 atom stereocenters. The highest BCUT2D eigenvalue weighted by atomic mass is 19.1. The average Bonchev–Trinajstić information content (AvgIpc) is 2.17. The highest BCUT2D eigenvalue weighted by Crippen LogP contribution is 2.00. The normalized spacial score (nSPS) is 10.7. The zero-order chi connectivity index (χ0) is 11.1. The van der Waals surface area contributed by atoms with E-state index >= 15 is 0 Å². The summed E-state index contributed by atoms with van der Waals surface area (Å²) in [4.78, 5) is 6.94. The van der Waals surface area contributed by atoms with Crippen molar-refractivity contribution in [1.29, 1.82) is 0 Å². The van der Waals surface area contributed by atoms with Crippen molar-refractivity contribution in [1.82, 2.24) is 9.97 Å². The quantitative estimate of drug-likeness (QED) is 0.578. The first kappa shape index (κ1) is 11.8. The van der Waals surface area contributed by atoms with Crippen LogP contribution in [0.3, 0.4) is 0 Å². The highest BCUT2D eigenvalue weighted by Gasteiger charge is 1.97. The minimum Gasteiger partial charge on any atom is -0.379 e. The molecule has 0 amide bonds. The lowest BCUT2D eigenvalue weighted by molar-refractivity contribution is 0.0787. The number of hydrogen-bond acceptors (Lipinski definition) is 4. The summed E-state index contributed by atoms with van der Waals surface area (Å²) in [5.41, 5.74) is 0. The predicted octanol–water partition coefficient (Wildman–Crippen LogP) is 1.84. The van der Waals surface area contributed by atoms with Crippen LogP contribution in [0.2, 0.25) is 0 Å². The molecule has 0 fully saturated rings. The molecule has 1 aromatic rings. The number of ether oxygens (including phenoxy) is 1. The van der Waals surface area contributed by atoms with Gasteiger partial charge in [0.15, 0.2) is 0 Å². The SMILES string of the molecule is CC(C)OCCCNc1ccnc(F)n1. The van der Waals surface area contributed by atoms with Crippen LogP contribution in [0.5, 0.6) is 0 Å². The van der Waals surface area contributed by atoms with Crippen molar-refractivity contribution in [2.24, 2.45) is 0 Å². The Morgan fingerprint density at radius 3 is 3.00 bits per heavy atom. The summed E-state index contributed by atoms with van der Waals surface area (Å²) in [7, 11) is 0. The van der Waals surface area contributed by atoms with Gasteiger partial charge in [-0.25, -0.2) is 4.98 Å². The molecule has 1 rings (SSSR count). The van der Waals surface area contributed by atoms with E-state index in [0.29, 0.717) is 19.0 Å². The number of nitrogens with zero attached hydrogens (tertiary/aromatic N) is 2. The molecule has 0 aliphatic rings. The molecular formula is C10H16FN3O. The van der Waals surface area contributed by atoms with Crippen molar-refractivity contribution in [2.45, 2.75) is 26.4 Å². The topological polar surface area (TPSA) is 47.0 Å². The molecule has 0 saturated carbocycles. The second-order valence-corrected chi connectivity index (χ2v) is 3.41. The molecule has 1 N–H and O–H groups in total. The maximum absolute atomic E-state index is 12.6. The molecule has 0 radical (unpaired) electrons. The number of halogens is 1. The summed E-state index contributed by atoms with van der Waals surface area (Å²) in [6.07, 6.45) is 1.79. The molecule has 4 nitrogen and oxygen atoms in total. The van der Waals surface area contributed by atoms with Gasteiger partial charge in [-0.1, -0.05) is 0 Å². The Kier molecular flexibility index (Phi) is 4.97. The molecule has 0 spiro atoms. The third-order valence-electron chi connectivity index (χ3n) is 1.70. The minimum absolute atomic E-state index is 0.251. The van der Waals surface area contributed by atoms with Gasteiger partial charge in [0.2, 0.25) is 0 Å². The van der Waals surface area contributed by atoms with Crippen LogP contribution in [0.1, 0.15) is 20.3 Å². The number of rotatable bonds is 6. The van der Waals surface area contributed by atoms with E-state index in [2.05, 4.69) is 15.3 Å². The van der Waals surface area contributed by atoms with Gasteiger partial charge in [0.05, 0.1) is 6.10 Å². The number of aromatic nitrogens is 2. The monoisotopic (exact) mass is 213 g/mol. The van der Waals surface area contributed by atoms with Gasteiger partial charge in [0, 0.05) is 19.3 Å². The maximum Gasteiger partial charge on any atom is 0.310 e. The van der Waals surface area contributed by atoms with Gasteiger partial charge in [-0.15, -0.1) is 0 Å². The number of hydrogen-bond donors (Lipinski definition) is 1. The fraction of sp³-hybridized carbons (Fsp3) is 0.600. The van der Waals surface area contributed by atoms with E-state index in [4.69, 9.17) is 4.74 Å². The van der Waals surface area contributed by atoms with Gasteiger partial charge >= 0.3 is 6.08 Å². The molecule has 0 aliphatic heterocycles. The molecule has 84 valence electrons. The first-order chi connectivity index (χ1) is 7.18.